The van der Waals surface area contributed by atoms with Crippen molar-refractivity contribution in [2.45, 2.75) is 12.4 Å². The van der Waals surface area contributed by atoms with Gasteiger partial charge in [-0.05, 0) is 60.7 Å². The number of alkyl halides is 6. The largest absolute Gasteiger partial charge is 0.420 e. The summed E-state index contributed by atoms with van der Waals surface area (Å²) < 4.78 is 111. The minimum atomic E-state index is -5.41. The fourth-order valence-electron chi connectivity index (χ4n) is 10.9. The van der Waals surface area contributed by atoms with Crippen LogP contribution in [0.1, 0.15) is 22.3 Å². The first kappa shape index (κ1) is 41.7. The summed E-state index contributed by atoms with van der Waals surface area (Å²) in [5.41, 5.74) is -6.51. The summed E-state index contributed by atoms with van der Waals surface area (Å²) in [5.74, 6) is 0. The highest BCUT2D eigenvalue weighted by Crippen LogP contribution is 2.58. The lowest BCUT2D eigenvalue weighted by atomic mass is 9.82. The first-order chi connectivity index (χ1) is 34.0. The molecule has 0 N–H and O–H groups in total. The molecule has 4 aromatic heterocycles. The zero-order valence-electron chi connectivity index (χ0n) is 36.0. The van der Waals surface area contributed by atoms with E-state index >= 15 is 26.3 Å². The third kappa shape index (κ3) is 5.81. The summed E-state index contributed by atoms with van der Waals surface area (Å²) in [6.07, 6.45) is -10.8. The van der Waals surface area contributed by atoms with Gasteiger partial charge in [-0.3, -0.25) is 0 Å². The van der Waals surface area contributed by atoms with E-state index in [0.29, 0.717) is 21.5 Å². The van der Waals surface area contributed by atoms with Crippen LogP contribution in [0.25, 0.3) is 118 Å². The lowest BCUT2D eigenvalue weighted by Gasteiger charge is -2.31. The summed E-state index contributed by atoms with van der Waals surface area (Å²) in [7, 11) is 0. The van der Waals surface area contributed by atoms with Crippen molar-refractivity contribution in [1.29, 1.82) is 10.5 Å². The molecule has 0 saturated heterocycles. The SMILES string of the molecule is N#Cc1ccccc1-c1c(-n2c3ccccc3c3c4c(ccc32)sc2ccccc24)c(C(F)(F)F)c(-n2c3ccccc3c3c4c(ccc32)sc2ccccc24)c(-c2ccccc2C#N)c1C(F)(F)F. The fourth-order valence-corrected chi connectivity index (χ4v) is 13.1. The standard InChI is InChI=1S/C58H28F6N4S2/c59-57(60,61)53-51(33-15-3-1-13-31(33)29-65)55(67-39-21-9-5-17-35(39)47-41(67)25-27-45-49(47)37-19-7-11-23-43(37)69-45)54(58(62,63)64)56(52(53)34-16-4-2-14-32(34)30-66)68-40-22-10-6-18-36(40)48-42(68)26-28-46-50(48)38-20-8-12-24-44(38)70-46/h1-28H. The molecule has 4 nitrogen and oxygen atoms in total. The van der Waals surface area contributed by atoms with Crippen molar-refractivity contribution in [3.05, 3.63) is 192 Å². The molecule has 0 unspecified atom stereocenters. The van der Waals surface area contributed by atoms with Crippen molar-refractivity contribution < 1.29 is 26.3 Å². The first-order valence-electron chi connectivity index (χ1n) is 22.0. The smallest absolute Gasteiger partial charge is 0.308 e. The van der Waals surface area contributed by atoms with Crippen molar-refractivity contribution in [3.8, 4) is 45.8 Å². The van der Waals surface area contributed by atoms with Crippen molar-refractivity contribution >= 4 is 107 Å². The van der Waals surface area contributed by atoms with Crippen LogP contribution in [0, 0.1) is 22.7 Å². The minimum Gasteiger partial charge on any atom is -0.308 e. The lowest BCUT2D eigenvalue weighted by molar-refractivity contribution is -0.140. The van der Waals surface area contributed by atoms with Crippen molar-refractivity contribution in [3.63, 3.8) is 0 Å². The molecule has 0 fully saturated rings. The maximum atomic E-state index is 17.7. The second-order valence-electron chi connectivity index (χ2n) is 17.1. The molecular weight excluding hydrogens is 931 g/mol. The van der Waals surface area contributed by atoms with E-state index in [2.05, 4.69) is 0 Å². The lowest BCUT2D eigenvalue weighted by Crippen LogP contribution is -2.23. The van der Waals surface area contributed by atoms with Gasteiger partial charge in [-0.25, -0.2) is 0 Å². The van der Waals surface area contributed by atoms with E-state index in [1.165, 1.54) is 80.3 Å². The maximum absolute atomic E-state index is 17.7. The van der Waals surface area contributed by atoms with Gasteiger partial charge in [-0.1, -0.05) is 109 Å². The van der Waals surface area contributed by atoms with Crippen LogP contribution in [0.15, 0.2) is 170 Å². The molecule has 70 heavy (non-hydrogen) atoms. The molecule has 0 bridgehead atoms. The summed E-state index contributed by atoms with van der Waals surface area (Å²) in [5, 5.41) is 26.8. The number of halogens is 6. The van der Waals surface area contributed by atoms with Gasteiger partial charge in [0.25, 0.3) is 0 Å². The molecule has 12 heteroatoms. The summed E-state index contributed by atoms with van der Waals surface area (Å²) >= 11 is 3.03. The summed E-state index contributed by atoms with van der Waals surface area (Å²) in [6, 6.07) is 50.9. The molecule has 334 valence electrons. The van der Waals surface area contributed by atoms with E-state index < -0.39 is 46.0 Å². The molecule has 0 aliphatic carbocycles. The Morgan fingerprint density at radius 2 is 0.729 bits per heavy atom. The van der Waals surface area contributed by atoms with E-state index in [-0.39, 0.29) is 44.3 Å². The third-order valence-corrected chi connectivity index (χ3v) is 15.7. The highest BCUT2D eigenvalue weighted by atomic mass is 32.1. The normalized spacial score (nSPS) is 12.4. The molecule has 0 aliphatic rings. The average molecular weight is 959 g/mol. The number of fused-ring (bicyclic) bond motifs is 14. The van der Waals surface area contributed by atoms with Gasteiger partial charge in [0.2, 0.25) is 0 Å². The molecule has 0 aliphatic heterocycles. The van der Waals surface area contributed by atoms with E-state index in [9.17, 15) is 10.5 Å². The number of hydrogen-bond donors (Lipinski definition) is 0. The minimum absolute atomic E-state index is 0.222. The number of nitriles is 2. The number of thiophene rings is 2. The molecule has 0 atom stereocenters. The van der Waals surface area contributed by atoms with Crippen LogP contribution in [0.2, 0.25) is 0 Å². The second-order valence-corrected chi connectivity index (χ2v) is 19.2. The molecule has 13 aromatic rings. The molecule has 0 saturated carbocycles. The zero-order valence-corrected chi connectivity index (χ0v) is 37.7. The molecule has 4 heterocycles. The Hall–Kier alpha value is -8.42. The first-order valence-corrected chi connectivity index (χ1v) is 23.7. The monoisotopic (exact) mass is 958 g/mol. The van der Waals surface area contributed by atoms with E-state index in [1.807, 2.05) is 60.7 Å². The maximum Gasteiger partial charge on any atom is 0.420 e. The topological polar surface area (TPSA) is 57.4 Å². The number of hydrogen-bond acceptors (Lipinski definition) is 4. The van der Waals surface area contributed by atoms with Crippen LogP contribution in [0.3, 0.4) is 0 Å². The Labute approximate surface area is 400 Å². The Morgan fingerprint density at radius 1 is 0.357 bits per heavy atom. The van der Waals surface area contributed by atoms with Gasteiger partial charge < -0.3 is 9.13 Å². The average Bonchev–Trinajstić information content (AvgIpc) is 4.12. The quantitative estimate of drug-likeness (QED) is 0.165. The van der Waals surface area contributed by atoms with Crippen LogP contribution in [-0.4, -0.2) is 9.13 Å². The van der Waals surface area contributed by atoms with Crippen LogP contribution in [0.5, 0.6) is 0 Å². The number of rotatable bonds is 4. The summed E-state index contributed by atoms with van der Waals surface area (Å²) in [4.78, 5) is 0. The van der Waals surface area contributed by atoms with Gasteiger partial charge in [0.05, 0.1) is 62.3 Å². The van der Waals surface area contributed by atoms with E-state index in [1.54, 1.807) is 72.8 Å². The van der Waals surface area contributed by atoms with E-state index in [4.69, 9.17) is 0 Å². The molecule has 0 spiro atoms. The van der Waals surface area contributed by atoms with E-state index in [0.717, 1.165) is 40.3 Å². The fraction of sp³-hybridized carbons (Fsp3) is 0.0345. The van der Waals surface area contributed by atoms with Gasteiger partial charge in [-0.2, -0.15) is 36.9 Å². The van der Waals surface area contributed by atoms with Crippen molar-refractivity contribution in [2.24, 2.45) is 0 Å². The van der Waals surface area contributed by atoms with Crippen molar-refractivity contribution in [2.75, 3.05) is 0 Å². The number of benzene rings is 9. The van der Waals surface area contributed by atoms with Gasteiger partial charge >= 0.3 is 12.4 Å². The Kier molecular flexibility index (Phi) is 8.97. The number of aromatic nitrogens is 2. The van der Waals surface area contributed by atoms with Crippen LogP contribution < -0.4 is 0 Å². The summed E-state index contributed by atoms with van der Waals surface area (Å²) in [6.45, 7) is 0. The Balaban J connectivity index is 1.38. The predicted molar refractivity (Wildman–Crippen MR) is 271 cm³/mol. The Morgan fingerprint density at radius 3 is 1.14 bits per heavy atom. The third-order valence-electron chi connectivity index (χ3n) is 13.4. The molecular formula is C58H28F6N4S2. The van der Waals surface area contributed by atoms with Gasteiger partial charge in [0.1, 0.15) is 5.56 Å². The van der Waals surface area contributed by atoms with Crippen molar-refractivity contribution in [1.82, 2.24) is 9.13 Å². The molecule has 9 aromatic carbocycles. The highest BCUT2D eigenvalue weighted by molar-refractivity contribution is 7.26. The number of para-hydroxylation sites is 2. The molecule has 0 amide bonds. The van der Waals surface area contributed by atoms with Crippen LogP contribution in [-0.2, 0) is 12.4 Å². The van der Waals surface area contributed by atoms with Crippen LogP contribution >= 0.6 is 22.7 Å². The van der Waals surface area contributed by atoms with Gasteiger partial charge in [-0.15, -0.1) is 22.7 Å². The number of nitrogens with zero attached hydrogens (tertiary/aromatic N) is 4. The van der Waals surface area contributed by atoms with Gasteiger partial charge in [0.15, 0.2) is 0 Å². The highest BCUT2D eigenvalue weighted by Gasteiger charge is 2.49. The van der Waals surface area contributed by atoms with Crippen LogP contribution in [0.4, 0.5) is 26.3 Å². The Bertz CT molecular complexity index is 4220. The predicted octanol–water partition coefficient (Wildman–Crippen LogP) is 17.7. The second kappa shape index (κ2) is 15.0. The molecule has 0 radical (unpaired) electrons. The zero-order chi connectivity index (χ0) is 47.8. The van der Waals surface area contributed by atoms with Gasteiger partial charge in [0, 0.05) is 84.1 Å². The molecule has 13 rings (SSSR count).